The number of rotatable bonds is 6. The van der Waals surface area contributed by atoms with Crippen LogP contribution in [-0.2, 0) is 0 Å². The number of aliphatic hydroxyl groups is 1. The molecule has 22 heavy (non-hydrogen) atoms. The number of aromatic nitrogens is 1. The Hall–Kier alpha value is -1.62. The van der Waals surface area contributed by atoms with Gasteiger partial charge in [0.25, 0.3) is 5.91 Å². The summed E-state index contributed by atoms with van der Waals surface area (Å²) in [6.45, 7) is 6.69. The minimum atomic E-state index is -0.113. The van der Waals surface area contributed by atoms with Crippen LogP contribution in [0.2, 0.25) is 0 Å². The highest BCUT2D eigenvalue weighted by Crippen LogP contribution is 2.22. The molecule has 0 saturated carbocycles. The van der Waals surface area contributed by atoms with Crippen LogP contribution in [0.25, 0.3) is 0 Å². The molecule has 1 fully saturated rings. The zero-order chi connectivity index (χ0) is 16.0. The molecule has 1 saturated heterocycles. The highest BCUT2D eigenvalue weighted by Gasteiger charge is 2.22. The largest absolute Gasteiger partial charge is 0.396 e. The molecule has 2 heterocycles. The van der Waals surface area contributed by atoms with E-state index in [9.17, 15) is 4.79 Å². The molecular weight excluding hydrogens is 278 g/mol. The summed E-state index contributed by atoms with van der Waals surface area (Å²) in [5, 5.41) is 12.1. The molecule has 0 radical (unpaired) electrons. The van der Waals surface area contributed by atoms with Gasteiger partial charge in [0.05, 0.1) is 5.56 Å². The quantitative estimate of drug-likeness (QED) is 0.846. The third kappa shape index (κ3) is 4.44. The van der Waals surface area contributed by atoms with Crippen molar-refractivity contribution < 1.29 is 9.90 Å². The van der Waals surface area contributed by atoms with Gasteiger partial charge in [0.1, 0.15) is 5.82 Å². The maximum atomic E-state index is 12.5. The second kappa shape index (κ2) is 7.58. The fourth-order valence-electron chi connectivity index (χ4n) is 2.74. The van der Waals surface area contributed by atoms with Gasteiger partial charge in [-0.2, -0.15) is 0 Å². The summed E-state index contributed by atoms with van der Waals surface area (Å²) in [6.07, 6.45) is 5.97. The first-order valence-electron chi connectivity index (χ1n) is 8.12. The molecule has 1 aromatic rings. The number of pyridine rings is 1. The lowest BCUT2D eigenvalue weighted by Crippen LogP contribution is -2.37. The normalized spacial score (nSPS) is 15.7. The summed E-state index contributed by atoms with van der Waals surface area (Å²) in [5.74, 6) is 0.708. The maximum absolute atomic E-state index is 12.5. The highest BCUT2D eigenvalue weighted by atomic mass is 16.3. The first kappa shape index (κ1) is 16.7. The van der Waals surface area contributed by atoms with Crippen molar-refractivity contribution in [2.45, 2.75) is 39.5 Å². The molecule has 0 aromatic carbocycles. The first-order chi connectivity index (χ1) is 10.5. The van der Waals surface area contributed by atoms with Crippen LogP contribution in [0.3, 0.4) is 0 Å². The maximum Gasteiger partial charge on any atom is 0.255 e. The average molecular weight is 305 g/mol. The fourth-order valence-corrected chi connectivity index (χ4v) is 2.74. The van der Waals surface area contributed by atoms with Gasteiger partial charge in [-0.1, -0.05) is 13.8 Å². The third-order valence-corrected chi connectivity index (χ3v) is 4.20. The lowest BCUT2D eigenvalue weighted by Gasteiger charge is -2.29. The van der Waals surface area contributed by atoms with Crippen LogP contribution in [0, 0.1) is 5.41 Å². The van der Waals surface area contributed by atoms with E-state index in [1.807, 2.05) is 19.9 Å². The van der Waals surface area contributed by atoms with Crippen LogP contribution >= 0.6 is 0 Å². The Labute approximate surface area is 132 Å². The van der Waals surface area contributed by atoms with Crippen molar-refractivity contribution in [1.29, 1.82) is 0 Å². The average Bonchev–Trinajstić information content (AvgIpc) is 2.53. The molecule has 1 aromatic heterocycles. The molecule has 0 aliphatic carbocycles. The molecular formula is C17H27N3O2. The highest BCUT2D eigenvalue weighted by molar-refractivity contribution is 5.98. The molecule has 0 atom stereocenters. The van der Waals surface area contributed by atoms with Gasteiger partial charge in [0, 0.05) is 32.4 Å². The second-order valence-corrected chi connectivity index (χ2v) is 6.74. The van der Waals surface area contributed by atoms with E-state index in [2.05, 4.69) is 15.2 Å². The number of anilines is 1. The number of piperidine rings is 1. The van der Waals surface area contributed by atoms with Gasteiger partial charge < -0.3 is 15.3 Å². The number of amides is 1. The summed E-state index contributed by atoms with van der Waals surface area (Å²) in [4.78, 5) is 19.2. The molecule has 0 unspecified atom stereocenters. The molecule has 1 aliphatic heterocycles. The number of hydrogen-bond acceptors (Lipinski definition) is 4. The summed E-state index contributed by atoms with van der Waals surface area (Å²) in [5.41, 5.74) is 0.530. The van der Waals surface area contributed by atoms with Crippen molar-refractivity contribution in [3.63, 3.8) is 0 Å². The fraction of sp³-hybridized carbons (Fsp3) is 0.647. The second-order valence-electron chi connectivity index (χ2n) is 6.74. The smallest absolute Gasteiger partial charge is 0.255 e. The van der Waals surface area contributed by atoms with Crippen LogP contribution in [0.5, 0.6) is 0 Å². The van der Waals surface area contributed by atoms with Crippen molar-refractivity contribution in [2.75, 3.05) is 31.1 Å². The number of carbonyl (C=O) groups excluding carboxylic acids is 1. The van der Waals surface area contributed by atoms with Gasteiger partial charge >= 0.3 is 0 Å². The zero-order valence-corrected chi connectivity index (χ0v) is 13.6. The van der Waals surface area contributed by atoms with Crippen LogP contribution < -0.4 is 10.2 Å². The van der Waals surface area contributed by atoms with Crippen molar-refractivity contribution in [3.8, 4) is 0 Å². The summed E-state index contributed by atoms with van der Waals surface area (Å²) >= 11 is 0. The zero-order valence-electron chi connectivity index (χ0n) is 13.6. The van der Waals surface area contributed by atoms with E-state index in [0.29, 0.717) is 18.5 Å². The van der Waals surface area contributed by atoms with Gasteiger partial charge in [0.2, 0.25) is 0 Å². The standard InChI is InChI=1S/C17H27N3O2/c1-17(2,8-12-21)13-19-16(22)14-7-6-9-18-15(14)20-10-4-3-5-11-20/h6-7,9,21H,3-5,8,10-13H2,1-2H3,(H,19,22). The van der Waals surface area contributed by atoms with Crippen molar-refractivity contribution in [1.82, 2.24) is 10.3 Å². The third-order valence-electron chi connectivity index (χ3n) is 4.20. The monoisotopic (exact) mass is 305 g/mol. The minimum absolute atomic E-state index is 0.0836. The Morgan fingerprint density at radius 2 is 2.09 bits per heavy atom. The molecule has 2 N–H and O–H groups in total. The Balaban J connectivity index is 2.06. The topological polar surface area (TPSA) is 65.5 Å². The van der Waals surface area contributed by atoms with Gasteiger partial charge in [-0.15, -0.1) is 0 Å². The van der Waals surface area contributed by atoms with E-state index >= 15 is 0 Å². The Morgan fingerprint density at radius 1 is 1.36 bits per heavy atom. The van der Waals surface area contributed by atoms with Crippen molar-refractivity contribution >= 4 is 11.7 Å². The van der Waals surface area contributed by atoms with E-state index in [1.54, 1.807) is 12.3 Å². The van der Waals surface area contributed by atoms with Crippen LogP contribution in [0.1, 0.15) is 49.9 Å². The lowest BCUT2D eigenvalue weighted by atomic mass is 9.89. The Morgan fingerprint density at radius 3 is 2.77 bits per heavy atom. The van der Waals surface area contributed by atoms with Crippen LogP contribution in [0.4, 0.5) is 5.82 Å². The van der Waals surface area contributed by atoms with Crippen molar-refractivity contribution in [3.05, 3.63) is 23.9 Å². The summed E-state index contributed by atoms with van der Waals surface area (Å²) in [7, 11) is 0. The number of nitrogens with one attached hydrogen (secondary N) is 1. The molecule has 5 heteroatoms. The van der Waals surface area contributed by atoms with E-state index in [4.69, 9.17) is 5.11 Å². The number of nitrogens with zero attached hydrogens (tertiary/aromatic N) is 2. The number of carbonyl (C=O) groups is 1. The summed E-state index contributed by atoms with van der Waals surface area (Å²) in [6, 6.07) is 3.65. The van der Waals surface area contributed by atoms with Gasteiger partial charge in [-0.25, -0.2) is 4.98 Å². The predicted octanol–water partition coefficient (Wildman–Crippen LogP) is 2.21. The number of aliphatic hydroxyl groups excluding tert-OH is 1. The van der Waals surface area contributed by atoms with Crippen LogP contribution in [0.15, 0.2) is 18.3 Å². The molecule has 0 bridgehead atoms. The summed E-state index contributed by atoms with van der Waals surface area (Å²) < 4.78 is 0. The minimum Gasteiger partial charge on any atom is -0.396 e. The number of hydrogen-bond donors (Lipinski definition) is 2. The van der Waals surface area contributed by atoms with E-state index in [0.717, 1.165) is 31.7 Å². The molecule has 122 valence electrons. The lowest BCUT2D eigenvalue weighted by molar-refractivity contribution is 0.0928. The van der Waals surface area contributed by atoms with E-state index < -0.39 is 0 Å². The van der Waals surface area contributed by atoms with Crippen molar-refractivity contribution in [2.24, 2.45) is 5.41 Å². The van der Waals surface area contributed by atoms with Gasteiger partial charge in [0.15, 0.2) is 0 Å². The predicted molar refractivity (Wildman–Crippen MR) is 88.1 cm³/mol. The Bertz CT molecular complexity index is 496. The Kier molecular flexibility index (Phi) is 5.77. The van der Waals surface area contributed by atoms with Gasteiger partial charge in [-0.3, -0.25) is 4.79 Å². The molecule has 5 nitrogen and oxygen atoms in total. The van der Waals surface area contributed by atoms with E-state index in [-0.39, 0.29) is 17.9 Å². The van der Waals surface area contributed by atoms with Gasteiger partial charge in [-0.05, 0) is 43.2 Å². The first-order valence-corrected chi connectivity index (χ1v) is 8.12. The molecule has 1 amide bonds. The molecule has 2 rings (SSSR count). The SMILES string of the molecule is CC(C)(CCO)CNC(=O)c1cccnc1N1CCCCC1. The molecule has 1 aliphatic rings. The van der Waals surface area contributed by atoms with Crippen LogP contribution in [-0.4, -0.2) is 42.2 Å². The van der Waals surface area contributed by atoms with E-state index in [1.165, 1.54) is 6.42 Å². The molecule has 0 spiro atoms.